The van der Waals surface area contributed by atoms with Gasteiger partial charge < -0.3 is 0 Å². The first-order valence-electron chi connectivity index (χ1n) is 6.89. The zero-order chi connectivity index (χ0) is 15.2. The number of hydrogen-bond donors (Lipinski definition) is 0. The first-order chi connectivity index (χ1) is 10.9. The van der Waals surface area contributed by atoms with Crippen molar-refractivity contribution in [1.29, 1.82) is 5.26 Å². The molecule has 0 aliphatic carbocycles. The molecule has 0 aliphatic heterocycles. The second kappa shape index (κ2) is 6.39. The minimum atomic E-state index is 0.491. The first-order valence-corrected chi connectivity index (χ1v) is 6.89. The van der Waals surface area contributed by atoms with Gasteiger partial charge in [0, 0.05) is 17.3 Å². The Morgan fingerprint density at radius 1 is 0.773 bits per heavy atom. The van der Waals surface area contributed by atoms with Crippen LogP contribution in [-0.4, -0.2) is 4.98 Å². The second-order valence-electron chi connectivity index (χ2n) is 4.71. The molecule has 1 heterocycles. The molecule has 1 aromatic heterocycles. The Balaban J connectivity index is 1.98. The summed E-state index contributed by atoms with van der Waals surface area (Å²) < 4.78 is 0. The lowest BCUT2D eigenvalue weighted by atomic mass is 10.0. The van der Waals surface area contributed by atoms with Crippen LogP contribution in [0.5, 0.6) is 0 Å². The molecule has 2 aromatic carbocycles. The van der Waals surface area contributed by atoms with E-state index in [0.717, 1.165) is 16.7 Å². The van der Waals surface area contributed by atoms with Crippen LogP contribution in [0.25, 0.3) is 11.1 Å². The summed E-state index contributed by atoms with van der Waals surface area (Å²) in [6.07, 6.45) is 1.76. The van der Waals surface area contributed by atoms with Crippen LogP contribution in [0.3, 0.4) is 0 Å². The summed E-state index contributed by atoms with van der Waals surface area (Å²) in [5.41, 5.74) is 3.85. The average Bonchev–Trinajstić information content (AvgIpc) is 2.61. The topological polar surface area (TPSA) is 36.7 Å². The van der Waals surface area contributed by atoms with E-state index < -0.39 is 0 Å². The quantitative estimate of drug-likeness (QED) is 0.631. The fourth-order valence-electron chi connectivity index (χ4n) is 2.09. The molecule has 0 atom stereocenters. The number of aromatic nitrogens is 1. The first kappa shape index (κ1) is 13.6. The Labute approximate surface area is 129 Å². The molecule has 0 bridgehead atoms. The molecule has 2 nitrogen and oxygen atoms in total. The molecule has 0 amide bonds. The van der Waals surface area contributed by atoms with Crippen molar-refractivity contribution in [3.63, 3.8) is 0 Å². The molecule has 0 saturated carbocycles. The Morgan fingerprint density at radius 3 is 2.14 bits per heavy atom. The zero-order valence-corrected chi connectivity index (χ0v) is 11.8. The van der Waals surface area contributed by atoms with E-state index in [1.165, 1.54) is 0 Å². The van der Waals surface area contributed by atoms with Gasteiger partial charge in [-0.25, -0.2) is 4.98 Å². The highest BCUT2D eigenvalue weighted by Gasteiger charge is 2.04. The number of nitriles is 1. The van der Waals surface area contributed by atoms with Gasteiger partial charge in [-0.3, -0.25) is 0 Å². The minimum Gasteiger partial charge on any atom is -0.246 e. The summed E-state index contributed by atoms with van der Waals surface area (Å²) >= 11 is 0. The third-order valence-corrected chi connectivity index (χ3v) is 3.21. The van der Waals surface area contributed by atoms with Gasteiger partial charge >= 0.3 is 0 Å². The summed E-state index contributed by atoms with van der Waals surface area (Å²) in [5, 5.41) is 9.33. The van der Waals surface area contributed by atoms with Crippen molar-refractivity contribution in [1.82, 2.24) is 4.98 Å². The van der Waals surface area contributed by atoms with Crippen molar-refractivity contribution in [3.8, 4) is 29.0 Å². The molecule has 3 aromatic rings. The van der Waals surface area contributed by atoms with Crippen molar-refractivity contribution < 1.29 is 0 Å². The third kappa shape index (κ3) is 3.03. The van der Waals surface area contributed by atoms with Crippen LogP contribution >= 0.6 is 0 Å². The van der Waals surface area contributed by atoms with Crippen molar-refractivity contribution in [2.24, 2.45) is 0 Å². The predicted molar refractivity (Wildman–Crippen MR) is 86.8 cm³/mol. The van der Waals surface area contributed by atoms with E-state index in [-0.39, 0.29) is 0 Å². The van der Waals surface area contributed by atoms with Crippen molar-refractivity contribution in [2.75, 3.05) is 0 Å². The van der Waals surface area contributed by atoms with Crippen LogP contribution in [0.4, 0.5) is 0 Å². The molecule has 0 N–H and O–H groups in total. The molecule has 22 heavy (non-hydrogen) atoms. The number of hydrogen-bond acceptors (Lipinski definition) is 2. The molecule has 2 heteroatoms. The van der Waals surface area contributed by atoms with E-state index in [1.807, 2.05) is 66.7 Å². The standard InChI is InChI=1S/C20H12N2/c21-14-18-13-19(17-9-5-2-6-10-17)15-22-20(18)12-11-16-7-3-1-4-8-16/h1-10,13,15H. The molecular weight excluding hydrogens is 268 g/mol. The Hall–Kier alpha value is -3.36. The van der Waals surface area contributed by atoms with Gasteiger partial charge in [0.2, 0.25) is 0 Å². The number of nitrogens with zero attached hydrogens (tertiary/aromatic N) is 2. The Morgan fingerprint density at radius 2 is 1.45 bits per heavy atom. The van der Waals surface area contributed by atoms with E-state index in [4.69, 9.17) is 0 Å². The molecule has 102 valence electrons. The van der Waals surface area contributed by atoms with Gasteiger partial charge in [-0.15, -0.1) is 0 Å². The van der Waals surface area contributed by atoms with E-state index >= 15 is 0 Å². The lowest BCUT2D eigenvalue weighted by Gasteiger charge is -2.02. The van der Waals surface area contributed by atoms with Gasteiger partial charge in [0.25, 0.3) is 0 Å². The molecule has 0 fully saturated rings. The zero-order valence-electron chi connectivity index (χ0n) is 11.8. The smallest absolute Gasteiger partial charge is 0.131 e. The van der Waals surface area contributed by atoms with Crippen LogP contribution in [0.1, 0.15) is 16.8 Å². The lowest BCUT2D eigenvalue weighted by molar-refractivity contribution is 1.26. The largest absolute Gasteiger partial charge is 0.246 e. The SMILES string of the molecule is N#Cc1cc(-c2ccccc2)cnc1C#Cc1ccccc1. The average molecular weight is 280 g/mol. The summed E-state index contributed by atoms with van der Waals surface area (Å²) in [6, 6.07) is 23.5. The van der Waals surface area contributed by atoms with Gasteiger partial charge in [-0.2, -0.15) is 5.26 Å². The molecule has 0 radical (unpaired) electrons. The highest BCUT2D eigenvalue weighted by atomic mass is 14.7. The van der Waals surface area contributed by atoms with Crippen LogP contribution in [0.15, 0.2) is 72.9 Å². The maximum Gasteiger partial charge on any atom is 0.131 e. The normalized spacial score (nSPS) is 9.41. The van der Waals surface area contributed by atoms with E-state index in [1.54, 1.807) is 6.20 Å². The summed E-state index contributed by atoms with van der Waals surface area (Å²) in [7, 11) is 0. The van der Waals surface area contributed by atoms with Gasteiger partial charge in [-0.05, 0) is 29.7 Å². The van der Waals surface area contributed by atoms with E-state index in [9.17, 15) is 5.26 Å². The van der Waals surface area contributed by atoms with Gasteiger partial charge in [-0.1, -0.05) is 54.5 Å². The predicted octanol–water partition coefficient (Wildman–Crippen LogP) is 4.02. The van der Waals surface area contributed by atoms with Crippen molar-refractivity contribution in [3.05, 3.63) is 89.7 Å². The highest BCUT2D eigenvalue weighted by molar-refractivity contribution is 5.65. The number of benzene rings is 2. The lowest BCUT2D eigenvalue weighted by Crippen LogP contribution is -1.91. The number of pyridine rings is 1. The summed E-state index contributed by atoms with van der Waals surface area (Å²) in [4.78, 5) is 4.34. The Bertz CT molecular complexity index is 880. The number of rotatable bonds is 1. The van der Waals surface area contributed by atoms with E-state index in [2.05, 4.69) is 22.9 Å². The van der Waals surface area contributed by atoms with Crippen molar-refractivity contribution >= 4 is 0 Å². The fraction of sp³-hybridized carbons (Fsp3) is 0. The summed E-state index contributed by atoms with van der Waals surface area (Å²) in [5.74, 6) is 6.01. The molecule has 0 aliphatic rings. The van der Waals surface area contributed by atoms with Gasteiger partial charge in [0.15, 0.2) is 0 Å². The van der Waals surface area contributed by atoms with Gasteiger partial charge in [0.1, 0.15) is 11.8 Å². The van der Waals surface area contributed by atoms with Crippen molar-refractivity contribution in [2.45, 2.75) is 0 Å². The van der Waals surface area contributed by atoms with Gasteiger partial charge in [0.05, 0.1) is 5.56 Å². The molecule has 0 spiro atoms. The van der Waals surface area contributed by atoms with Crippen LogP contribution in [-0.2, 0) is 0 Å². The van der Waals surface area contributed by atoms with Crippen LogP contribution < -0.4 is 0 Å². The molecular formula is C20H12N2. The molecule has 3 rings (SSSR count). The second-order valence-corrected chi connectivity index (χ2v) is 4.71. The molecule has 0 unspecified atom stereocenters. The van der Waals surface area contributed by atoms with E-state index in [0.29, 0.717) is 11.3 Å². The fourth-order valence-corrected chi connectivity index (χ4v) is 2.09. The minimum absolute atomic E-state index is 0.491. The Kier molecular flexibility index (Phi) is 3.96. The maximum absolute atomic E-state index is 9.33. The highest BCUT2D eigenvalue weighted by Crippen LogP contribution is 2.20. The maximum atomic E-state index is 9.33. The van der Waals surface area contributed by atoms with Crippen LogP contribution in [0, 0.1) is 23.2 Å². The summed E-state index contributed by atoms with van der Waals surface area (Å²) in [6.45, 7) is 0. The monoisotopic (exact) mass is 280 g/mol. The molecule has 0 saturated heterocycles. The third-order valence-electron chi connectivity index (χ3n) is 3.21. The van der Waals surface area contributed by atoms with Crippen LogP contribution in [0.2, 0.25) is 0 Å².